The molecule has 11 heteroatoms. The fourth-order valence-corrected chi connectivity index (χ4v) is 4.09. The zero-order chi connectivity index (χ0) is 23.6. The number of esters is 1. The Bertz CT molecular complexity index is 1180. The SMILES string of the molecule is C[C@H](OC(=O)[C@H]1CC(=O)Nc2cc(F)ccc21)C(=O)Nc1cccc(S(=O)(=O)N(C)C)c1. The Morgan fingerprint density at radius 3 is 2.62 bits per heavy atom. The number of nitrogens with zero attached hydrogens (tertiary/aromatic N) is 1. The standard InChI is InChI=1S/C21H22FN3O6S/c1-12(20(27)23-14-5-4-6-15(10-14)32(29,30)25(2)3)31-21(28)17-11-19(26)24-18-9-13(22)7-8-16(17)18/h4-10,12,17H,11H2,1-3H3,(H,23,27)(H,24,26)/t12-,17-/m0/s1. The molecule has 1 heterocycles. The summed E-state index contributed by atoms with van der Waals surface area (Å²) in [6.07, 6.45) is -1.43. The van der Waals surface area contributed by atoms with Crippen LogP contribution in [-0.4, -0.2) is 50.7 Å². The van der Waals surface area contributed by atoms with E-state index in [4.69, 9.17) is 4.74 Å². The van der Waals surface area contributed by atoms with Crippen molar-refractivity contribution in [3.8, 4) is 0 Å². The van der Waals surface area contributed by atoms with Gasteiger partial charge in [-0.25, -0.2) is 17.1 Å². The van der Waals surface area contributed by atoms with Crippen molar-refractivity contribution < 1.29 is 31.9 Å². The molecule has 2 aromatic rings. The molecule has 2 amide bonds. The molecule has 0 unspecified atom stereocenters. The fraction of sp³-hybridized carbons (Fsp3) is 0.286. The average molecular weight is 463 g/mol. The van der Waals surface area contributed by atoms with Crippen LogP contribution in [0.5, 0.6) is 0 Å². The van der Waals surface area contributed by atoms with Gasteiger partial charge in [0, 0.05) is 31.9 Å². The van der Waals surface area contributed by atoms with Crippen LogP contribution in [0.3, 0.4) is 0 Å². The Labute approximate surface area is 184 Å². The third-order valence-electron chi connectivity index (χ3n) is 4.88. The first-order valence-electron chi connectivity index (χ1n) is 9.62. The minimum absolute atomic E-state index is 0.0120. The molecule has 0 bridgehead atoms. The molecule has 0 aromatic heterocycles. The maximum atomic E-state index is 13.5. The van der Waals surface area contributed by atoms with E-state index in [1.54, 1.807) is 0 Å². The van der Waals surface area contributed by atoms with Gasteiger partial charge in [0.25, 0.3) is 5.91 Å². The Kier molecular flexibility index (Phi) is 6.60. The number of halogens is 1. The number of carbonyl (C=O) groups excluding carboxylic acids is 3. The molecule has 1 aliphatic rings. The van der Waals surface area contributed by atoms with Crippen molar-refractivity contribution in [2.45, 2.75) is 30.3 Å². The topological polar surface area (TPSA) is 122 Å². The number of rotatable bonds is 6. The zero-order valence-corrected chi connectivity index (χ0v) is 18.4. The van der Waals surface area contributed by atoms with Crippen LogP contribution in [0.4, 0.5) is 15.8 Å². The van der Waals surface area contributed by atoms with Crippen LogP contribution in [-0.2, 0) is 29.1 Å². The minimum Gasteiger partial charge on any atom is -0.452 e. The number of carbonyl (C=O) groups is 3. The molecule has 0 aliphatic carbocycles. The van der Waals surface area contributed by atoms with Gasteiger partial charge in [0.15, 0.2) is 6.10 Å². The van der Waals surface area contributed by atoms with Crippen molar-refractivity contribution in [2.24, 2.45) is 0 Å². The van der Waals surface area contributed by atoms with Gasteiger partial charge in [0.05, 0.1) is 10.8 Å². The largest absolute Gasteiger partial charge is 0.452 e. The highest BCUT2D eigenvalue weighted by molar-refractivity contribution is 7.89. The molecule has 170 valence electrons. The third-order valence-corrected chi connectivity index (χ3v) is 6.69. The average Bonchev–Trinajstić information content (AvgIpc) is 2.72. The Morgan fingerprint density at radius 2 is 1.94 bits per heavy atom. The van der Waals surface area contributed by atoms with Gasteiger partial charge in [0.1, 0.15) is 5.82 Å². The first kappa shape index (κ1) is 23.4. The monoisotopic (exact) mass is 463 g/mol. The quantitative estimate of drug-likeness (QED) is 0.633. The molecule has 0 fully saturated rings. The van der Waals surface area contributed by atoms with E-state index in [1.807, 2.05) is 0 Å². The lowest BCUT2D eigenvalue weighted by Gasteiger charge is -2.25. The molecular formula is C21H22FN3O6S. The number of sulfonamides is 1. The second-order valence-electron chi connectivity index (χ2n) is 7.42. The number of hydrogen-bond acceptors (Lipinski definition) is 6. The molecule has 0 saturated heterocycles. The van der Waals surface area contributed by atoms with Gasteiger partial charge >= 0.3 is 5.97 Å². The van der Waals surface area contributed by atoms with E-state index in [1.165, 1.54) is 57.4 Å². The number of fused-ring (bicyclic) bond motifs is 1. The summed E-state index contributed by atoms with van der Waals surface area (Å²) >= 11 is 0. The van der Waals surface area contributed by atoms with Crippen LogP contribution < -0.4 is 10.6 Å². The maximum absolute atomic E-state index is 13.5. The molecule has 2 atom stereocenters. The van der Waals surface area contributed by atoms with Gasteiger partial charge in [-0.05, 0) is 42.8 Å². The molecule has 2 N–H and O–H groups in total. The lowest BCUT2D eigenvalue weighted by atomic mass is 9.90. The van der Waals surface area contributed by atoms with Crippen LogP contribution in [0, 0.1) is 5.82 Å². The van der Waals surface area contributed by atoms with Gasteiger partial charge in [-0.3, -0.25) is 14.4 Å². The Morgan fingerprint density at radius 1 is 1.22 bits per heavy atom. The number of hydrogen-bond donors (Lipinski definition) is 2. The Balaban J connectivity index is 1.71. The van der Waals surface area contributed by atoms with Crippen LogP contribution in [0.15, 0.2) is 47.4 Å². The smallest absolute Gasteiger partial charge is 0.314 e. The van der Waals surface area contributed by atoms with E-state index in [9.17, 15) is 27.2 Å². The summed E-state index contributed by atoms with van der Waals surface area (Å²) in [5.74, 6) is -3.51. The van der Waals surface area contributed by atoms with Crippen LogP contribution >= 0.6 is 0 Å². The summed E-state index contributed by atoms with van der Waals surface area (Å²) in [6.45, 7) is 1.35. The van der Waals surface area contributed by atoms with Gasteiger partial charge in [-0.2, -0.15) is 0 Å². The molecule has 3 rings (SSSR count). The van der Waals surface area contributed by atoms with E-state index >= 15 is 0 Å². The highest BCUT2D eigenvalue weighted by atomic mass is 32.2. The Hall–Kier alpha value is -3.31. The van der Waals surface area contributed by atoms with Crippen molar-refractivity contribution in [1.29, 1.82) is 0 Å². The van der Waals surface area contributed by atoms with Crippen molar-refractivity contribution in [1.82, 2.24) is 4.31 Å². The van der Waals surface area contributed by atoms with Crippen LogP contribution in [0.25, 0.3) is 0 Å². The summed E-state index contributed by atoms with van der Waals surface area (Å²) in [4.78, 5) is 37.0. The molecule has 0 spiro atoms. The summed E-state index contributed by atoms with van der Waals surface area (Å²) in [5, 5.41) is 5.01. The van der Waals surface area contributed by atoms with Crippen molar-refractivity contribution in [3.63, 3.8) is 0 Å². The number of nitrogens with one attached hydrogen (secondary N) is 2. The molecule has 0 radical (unpaired) electrons. The highest BCUT2D eigenvalue weighted by Gasteiger charge is 2.34. The summed E-state index contributed by atoms with van der Waals surface area (Å²) in [5.41, 5.74) is 0.781. The molecule has 2 aromatic carbocycles. The first-order valence-corrected chi connectivity index (χ1v) is 11.1. The van der Waals surface area contributed by atoms with Crippen molar-refractivity contribution in [2.75, 3.05) is 24.7 Å². The molecule has 0 saturated carbocycles. The molecule has 9 nitrogen and oxygen atoms in total. The number of ether oxygens (including phenoxy) is 1. The molecular weight excluding hydrogens is 441 g/mol. The van der Waals surface area contributed by atoms with Gasteiger partial charge in [-0.1, -0.05) is 12.1 Å². The highest BCUT2D eigenvalue weighted by Crippen LogP contribution is 2.33. The molecule has 32 heavy (non-hydrogen) atoms. The van der Waals surface area contributed by atoms with E-state index in [0.29, 0.717) is 5.56 Å². The van der Waals surface area contributed by atoms with E-state index in [2.05, 4.69) is 10.6 Å². The first-order chi connectivity index (χ1) is 15.0. The van der Waals surface area contributed by atoms with Crippen LogP contribution in [0.1, 0.15) is 24.8 Å². The summed E-state index contributed by atoms with van der Waals surface area (Å²) < 4.78 is 44.3. The number of benzene rings is 2. The summed E-state index contributed by atoms with van der Waals surface area (Å²) in [6, 6.07) is 9.31. The number of amides is 2. The third kappa shape index (κ3) is 4.94. The van der Waals surface area contributed by atoms with Crippen LogP contribution in [0.2, 0.25) is 0 Å². The van der Waals surface area contributed by atoms with E-state index in [0.717, 1.165) is 10.4 Å². The zero-order valence-electron chi connectivity index (χ0n) is 17.6. The number of anilines is 2. The van der Waals surface area contributed by atoms with Crippen molar-refractivity contribution in [3.05, 3.63) is 53.8 Å². The van der Waals surface area contributed by atoms with E-state index in [-0.39, 0.29) is 22.7 Å². The lowest BCUT2D eigenvalue weighted by Crippen LogP contribution is -2.34. The maximum Gasteiger partial charge on any atom is 0.314 e. The van der Waals surface area contributed by atoms with Gasteiger partial charge in [0.2, 0.25) is 15.9 Å². The van der Waals surface area contributed by atoms with E-state index < -0.39 is 45.6 Å². The van der Waals surface area contributed by atoms with Gasteiger partial charge in [-0.15, -0.1) is 0 Å². The normalized spacial score (nSPS) is 16.7. The van der Waals surface area contributed by atoms with Crippen molar-refractivity contribution >= 4 is 39.2 Å². The predicted molar refractivity (Wildman–Crippen MR) is 114 cm³/mol. The second-order valence-corrected chi connectivity index (χ2v) is 9.57. The lowest BCUT2D eigenvalue weighted by molar-refractivity contribution is -0.155. The molecule has 1 aliphatic heterocycles. The second kappa shape index (κ2) is 9.05. The summed E-state index contributed by atoms with van der Waals surface area (Å²) in [7, 11) is -0.915. The predicted octanol–water partition coefficient (Wildman–Crippen LogP) is 2.07. The van der Waals surface area contributed by atoms with Gasteiger partial charge < -0.3 is 15.4 Å². The fourth-order valence-electron chi connectivity index (χ4n) is 3.15. The minimum atomic E-state index is -3.69.